The van der Waals surface area contributed by atoms with E-state index in [0.717, 1.165) is 21.9 Å². The molecule has 1 amide bonds. The maximum Gasteiger partial charge on any atom is 0.233 e. The average molecular weight is 326 g/mol. The minimum absolute atomic E-state index is 0.276. The van der Waals surface area contributed by atoms with Gasteiger partial charge in [-0.3, -0.25) is 4.79 Å². The summed E-state index contributed by atoms with van der Waals surface area (Å²) in [6.45, 7) is 0.943. The van der Waals surface area contributed by atoms with E-state index in [1.807, 2.05) is 7.05 Å². The number of anilines is 1. The van der Waals surface area contributed by atoms with Crippen LogP contribution in [0.15, 0.2) is 4.34 Å². The number of nitrogens with zero attached hydrogens (tertiary/aromatic N) is 3. The molecule has 1 aromatic rings. The number of fused-ring (bicyclic) bond motifs is 1. The van der Waals surface area contributed by atoms with E-state index in [-0.39, 0.29) is 5.91 Å². The number of carbonyl (C=O) groups is 1. The van der Waals surface area contributed by atoms with Crippen molar-refractivity contribution in [1.82, 2.24) is 15.1 Å². The number of hydrogen-bond donors (Lipinski definition) is 1. The molecule has 1 aliphatic carbocycles. The number of amides is 1. The SMILES string of the molecule is CNc1nnc(SCC(=O)N2CCC[C@@H]3CCCC[C@@H]32)s1. The number of nitrogens with one attached hydrogen (secondary N) is 1. The van der Waals surface area contributed by atoms with Crippen molar-refractivity contribution in [2.24, 2.45) is 5.92 Å². The van der Waals surface area contributed by atoms with E-state index in [1.165, 1.54) is 61.6 Å². The highest BCUT2D eigenvalue weighted by atomic mass is 32.2. The maximum absolute atomic E-state index is 12.5. The van der Waals surface area contributed by atoms with Crippen molar-refractivity contribution < 1.29 is 4.79 Å². The maximum atomic E-state index is 12.5. The Kier molecular flexibility index (Phi) is 5.00. The van der Waals surface area contributed by atoms with E-state index < -0.39 is 0 Å². The summed E-state index contributed by atoms with van der Waals surface area (Å²) >= 11 is 3.01. The average Bonchev–Trinajstić information content (AvgIpc) is 3.00. The molecule has 5 nitrogen and oxygen atoms in total. The fraction of sp³-hybridized carbons (Fsp3) is 0.786. The van der Waals surface area contributed by atoms with Crippen LogP contribution in [0.2, 0.25) is 0 Å². The van der Waals surface area contributed by atoms with Crippen LogP contribution >= 0.6 is 23.1 Å². The minimum atomic E-state index is 0.276. The van der Waals surface area contributed by atoms with Crippen LogP contribution in [0.4, 0.5) is 5.13 Å². The molecule has 0 unspecified atom stereocenters. The summed E-state index contributed by atoms with van der Waals surface area (Å²) in [4.78, 5) is 14.7. The molecule has 1 aromatic heterocycles. The van der Waals surface area contributed by atoms with Crippen LogP contribution in [0, 0.1) is 5.92 Å². The van der Waals surface area contributed by atoms with Crippen LogP contribution in [0.25, 0.3) is 0 Å². The molecule has 0 bridgehead atoms. The van der Waals surface area contributed by atoms with Crippen LogP contribution in [0.3, 0.4) is 0 Å². The van der Waals surface area contributed by atoms with Crippen molar-refractivity contribution in [3.05, 3.63) is 0 Å². The third-order valence-electron chi connectivity index (χ3n) is 4.50. The standard InChI is InChI=1S/C14H22N4OS2/c1-15-13-16-17-14(21-13)20-9-12(19)18-8-4-6-10-5-2-3-7-11(10)18/h10-11H,2-9H2,1H3,(H,15,16)/t10-,11-/m0/s1. The quantitative estimate of drug-likeness (QED) is 0.862. The lowest BCUT2D eigenvalue weighted by Gasteiger charge is -2.44. The van der Waals surface area contributed by atoms with Crippen molar-refractivity contribution in [1.29, 1.82) is 0 Å². The van der Waals surface area contributed by atoms with Crippen LogP contribution in [0.1, 0.15) is 38.5 Å². The molecule has 1 saturated carbocycles. The van der Waals surface area contributed by atoms with Crippen molar-refractivity contribution >= 4 is 34.1 Å². The molecule has 2 aliphatic rings. The first-order chi connectivity index (χ1) is 10.3. The van der Waals surface area contributed by atoms with Crippen LogP contribution in [-0.4, -0.2) is 46.4 Å². The summed E-state index contributed by atoms with van der Waals surface area (Å²) in [5, 5.41) is 11.9. The van der Waals surface area contributed by atoms with Gasteiger partial charge in [0, 0.05) is 19.6 Å². The number of likely N-dealkylation sites (tertiary alicyclic amines) is 1. The van der Waals surface area contributed by atoms with E-state index in [9.17, 15) is 4.79 Å². The van der Waals surface area contributed by atoms with Crippen LogP contribution in [-0.2, 0) is 4.79 Å². The fourth-order valence-electron chi connectivity index (χ4n) is 3.51. The summed E-state index contributed by atoms with van der Waals surface area (Å²) in [7, 11) is 1.83. The molecule has 2 heterocycles. The topological polar surface area (TPSA) is 58.1 Å². The highest BCUT2D eigenvalue weighted by Crippen LogP contribution is 2.36. The van der Waals surface area contributed by atoms with Gasteiger partial charge in [-0.15, -0.1) is 10.2 Å². The van der Waals surface area contributed by atoms with Gasteiger partial charge < -0.3 is 10.2 Å². The predicted octanol–water partition coefficient (Wildman–Crippen LogP) is 2.85. The van der Waals surface area contributed by atoms with Gasteiger partial charge in [-0.05, 0) is 31.6 Å². The molecule has 116 valence electrons. The third kappa shape index (κ3) is 3.51. The first-order valence-electron chi connectivity index (χ1n) is 7.71. The normalized spacial score (nSPS) is 25.5. The largest absolute Gasteiger partial charge is 0.363 e. The number of aromatic nitrogens is 2. The molecule has 2 fully saturated rings. The third-order valence-corrected chi connectivity index (χ3v) is 6.56. The van der Waals surface area contributed by atoms with Gasteiger partial charge in [-0.25, -0.2) is 0 Å². The molecule has 21 heavy (non-hydrogen) atoms. The Morgan fingerprint density at radius 1 is 1.33 bits per heavy atom. The van der Waals surface area contributed by atoms with Gasteiger partial charge >= 0.3 is 0 Å². The van der Waals surface area contributed by atoms with Gasteiger partial charge in [0.05, 0.1) is 5.75 Å². The molecule has 0 radical (unpaired) electrons. The van der Waals surface area contributed by atoms with Crippen molar-refractivity contribution in [3.63, 3.8) is 0 Å². The Labute approximate surface area is 133 Å². The summed E-state index contributed by atoms with van der Waals surface area (Å²) in [5.74, 6) is 1.51. The van der Waals surface area contributed by atoms with Gasteiger partial charge in [0.1, 0.15) is 0 Å². The number of rotatable bonds is 4. The van der Waals surface area contributed by atoms with Gasteiger partial charge in [-0.1, -0.05) is 35.9 Å². The van der Waals surface area contributed by atoms with Crippen LogP contribution < -0.4 is 5.32 Å². The Morgan fingerprint density at radius 2 is 2.14 bits per heavy atom. The van der Waals surface area contributed by atoms with Gasteiger partial charge in [0.2, 0.25) is 11.0 Å². The molecule has 1 saturated heterocycles. The number of thioether (sulfide) groups is 1. The van der Waals surface area contributed by atoms with E-state index >= 15 is 0 Å². The molecule has 0 aromatic carbocycles. The monoisotopic (exact) mass is 326 g/mol. The summed E-state index contributed by atoms with van der Waals surface area (Å²) in [6.07, 6.45) is 7.60. The van der Waals surface area contributed by atoms with Crippen molar-refractivity contribution in [2.45, 2.75) is 48.9 Å². The lowest BCUT2D eigenvalue weighted by molar-refractivity contribution is -0.134. The molecular formula is C14H22N4OS2. The summed E-state index contributed by atoms with van der Waals surface area (Å²) < 4.78 is 0.866. The number of piperidine rings is 1. The zero-order valence-corrected chi connectivity index (χ0v) is 14.0. The minimum Gasteiger partial charge on any atom is -0.363 e. The summed E-state index contributed by atoms with van der Waals surface area (Å²) in [6, 6.07) is 0.503. The second-order valence-electron chi connectivity index (χ2n) is 5.75. The van der Waals surface area contributed by atoms with Gasteiger partial charge in [0.25, 0.3) is 0 Å². The van der Waals surface area contributed by atoms with E-state index in [1.54, 1.807) is 0 Å². The smallest absolute Gasteiger partial charge is 0.233 e. The van der Waals surface area contributed by atoms with E-state index in [0.29, 0.717) is 11.8 Å². The highest BCUT2D eigenvalue weighted by Gasteiger charge is 2.35. The molecule has 0 spiro atoms. The lowest BCUT2D eigenvalue weighted by Crippen LogP contribution is -2.50. The first kappa shape index (κ1) is 15.1. The van der Waals surface area contributed by atoms with Gasteiger partial charge in [-0.2, -0.15) is 0 Å². The predicted molar refractivity (Wildman–Crippen MR) is 86.9 cm³/mol. The Morgan fingerprint density at radius 3 is 2.95 bits per heavy atom. The Hall–Kier alpha value is -0.820. The second-order valence-corrected chi connectivity index (χ2v) is 7.95. The summed E-state index contributed by atoms with van der Waals surface area (Å²) in [5.41, 5.74) is 0. The molecule has 3 rings (SSSR count). The molecule has 1 N–H and O–H groups in total. The number of carbonyl (C=O) groups excluding carboxylic acids is 1. The van der Waals surface area contributed by atoms with Crippen molar-refractivity contribution in [3.8, 4) is 0 Å². The fourth-order valence-corrected chi connectivity index (χ4v) is 5.10. The lowest BCUT2D eigenvalue weighted by atomic mass is 9.78. The number of hydrogen-bond acceptors (Lipinski definition) is 6. The van der Waals surface area contributed by atoms with Crippen molar-refractivity contribution in [2.75, 3.05) is 24.7 Å². The highest BCUT2D eigenvalue weighted by molar-refractivity contribution is 8.01. The molecule has 2 atom stereocenters. The Bertz CT molecular complexity index is 491. The first-order valence-corrected chi connectivity index (χ1v) is 9.51. The zero-order chi connectivity index (χ0) is 14.7. The van der Waals surface area contributed by atoms with E-state index in [4.69, 9.17) is 0 Å². The van der Waals surface area contributed by atoms with Gasteiger partial charge in [0.15, 0.2) is 4.34 Å². The second kappa shape index (κ2) is 6.96. The molecule has 7 heteroatoms. The van der Waals surface area contributed by atoms with E-state index in [2.05, 4.69) is 20.4 Å². The molecular weight excluding hydrogens is 304 g/mol. The zero-order valence-electron chi connectivity index (χ0n) is 12.4. The Balaban J connectivity index is 1.56. The van der Waals surface area contributed by atoms with Crippen LogP contribution in [0.5, 0.6) is 0 Å². The molecule has 1 aliphatic heterocycles.